The number of rotatable bonds is 2. The number of pyridine rings is 1. The largest absolute Gasteiger partial charge is 0.398 e. The first-order valence-corrected chi connectivity index (χ1v) is 7.14. The minimum atomic E-state index is 0.892. The zero-order valence-electron chi connectivity index (χ0n) is 11.7. The van der Waals surface area contributed by atoms with Crippen molar-refractivity contribution in [3.8, 4) is 0 Å². The van der Waals surface area contributed by atoms with Crippen LogP contribution in [0.4, 0.5) is 11.4 Å². The van der Waals surface area contributed by atoms with Gasteiger partial charge in [-0.15, -0.1) is 0 Å². The summed E-state index contributed by atoms with van der Waals surface area (Å²) in [6.45, 7) is 6.51. The summed E-state index contributed by atoms with van der Waals surface area (Å²) in [7, 11) is 0. The van der Waals surface area contributed by atoms with E-state index in [1.165, 1.54) is 18.5 Å². The van der Waals surface area contributed by atoms with Crippen LogP contribution in [-0.2, 0) is 6.42 Å². The number of nitrogen functional groups attached to an aromatic ring is 1. The molecule has 0 aliphatic carbocycles. The molecule has 0 amide bonds. The lowest BCUT2D eigenvalue weighted by molar-refractivity contribution is 0.949. The predicted molar refractivity (Wildman–Crippen MR) is 81.7 cm³/mol. The molecule has 1 aliphatic rings. The van der Waals surface area contributed by atoms with Gasteiger partial charge >= 0.3 is 0 Å². The average molecular weight is 255 g/mol. The average Bonchev–Trinajstić information content (AvgIpc) is 2.96. The molecule has 19 heavy (non-hydrogen) atoms. The van der Waals surface area contributed by atoms with E-state index in [1.54, 1.807) is 0 Å². The van der Waals surface area contributed by atoms with E-state index in [2.05, 4.69) is 36.9 Å². The van der Waals surface area contributed by atoms with Gasteiger partial charge in [-0.05, 0) is 49.9 Å². The Labute approximate surface area is 114 Å². The van der Waals surface area contributed by atoms with Gasteiger partial charge < -0.3 is 10.6 Å². The van der Waals surface area contributed by atoms with Crippen molar-refractivity contribution in [2.24, 2.45) is 0 Å². The minimum absolute atomic E-state index is 0.892. The lowest BCUT2D eigenvalue weighted by Crippen LogP contribution is -2.17. The lowest BCUT2D eigenvalue weighted by Gasteiger charge is -2.19. The van der Waals surface area contributed by atoms with Crippen LogP contribution in [0, 0.1) is 6.92 Å². The number of aryl methyl sites for hydroxylation is 1. The highest BCUT2D eigenvalue weighted by Gasteiger charge is 2.14. The molecule has 1 fully saturated rings. The Morgan fingerprint density at radius 3 is 2.68 bits per heavy atom. The molecular formula is C16H21N3. The summed E-state index contributed by atoms with van der Waals surface area (Å²) in [5.41, 5.74) is 11.7. The van der Waals surface area contributed by atoms with Crippen molar-refractivity contribution in [3.05, 3.63) is 29.5 Å². The Kier molecular flexibility index (Phi) is 3.05. The van der Waals surface area contributed by atoms with Crippen LogP contribution < -0.4 is 10.6 Å². The molecular weight excluding hydrogens is 234 g/mol. The second kappa shape index (κ2) is 4.72. The topological polar surface area (TPSA) is 42.2 Å². The van der Waals surface area contributed by atoms with E-state index in [-0.39, 0.29) is 0 Å². The minimum Gasteiger partial charge on any atom is -0.398 e. The molecule has 0 radical (unpaired) electrons. The monoisotopic (exact) mass is 255 g/mol. The fraction of sp³-hybridized carbons (Fsp3) is 0.438. The number of hydrogen-bond donors (Lipinski definition) is 1. The third kappa shape index (κ3) is 2.03. The summed E-state index contributed by atoms with van der Waals surface area (Å²) in [5.74, 6) is 0. The van der Waals surface area contributed by atoms with Crippen molar-refractivity contribution in [3.63, 3.8) is 0 Å². The number of nitrogens with two attached hydrogens (primary N) is 1. The van der Waals surface area contributed by atoms with Gasteiger partial charge in [0, 0.05) is 35.5 Å². The van der Waals surface area contributed by atoms with Crippen LogP contribution in [0.2, 0.25) is 0 Å². The molecule has 3 rings (SSSR count). The zero-order chi connectivity index (χ0) is 13.4. The van der Waals surface area contributed by atoms with E-state index in [9.17, 15) is 0 Å². The molecule has 3 nitrogen and oxygen atoms in total. The van der Waals surface area contributed by atoms with Crippen LogP contribution in [-0.4, -0.2) is 18.1 Å². The summed E-state index contributed by atoms with van der Waals surface area (Å²) >= 11 is 0. The predicted octanol–water partition coefficient (Wildman–Crippen LogP) is 3.29. The SMILES string of the molecule is CCc1nc2ccc(N3CCCC3)cc2c(N)c1C. The molecule has 1 aromatic carbocycles. The van der Waals surface area contributed by atoms with Gasteiger partial charge in [0.2, 0.25) is 0 Å². The van der Waals surface area contributed by atoms with E-state index < -0.39 is 0 Å². The molecule has 3 heteroatoms. The number of anilines is 2. The summed E-state index contributed by atoms with van der Waals surface area (Å²) in [6, 6.07) is 6.49. The van der Waals surface area contributed by atoms with Gasteiger partial charge in [-0.25, -0.2) is 0 Å². The van der Waals surface area contributed by atoms with Crippen molar-refractivity contribution in [2.75, 3.05) is 23.7 Å². The maximum absolute atomic E-state index is 6.30. The fourth-order valence-corrected chi connectivity index (χ4v) is 2.94. The first-order valence-electron chi connectivity index (χ1n) is 7.14. The molecule has 2 heterocycles. The van der Waals surface area contributed by atoms with Gasteiger partial charge in [-0.2, -0.15) is 0 Å². The van der Waals surface area contributed by atoms with E-state index in [1.807, 2.05) is 0 Å². The fourth-order valence-electron chi connectivity index (χ4n) is 2.94. The molecule has 2 aromatic rings. The van der Waals surface area contributed by atoms with E-state index >= 15 is 0 Å². The second-order valence-electron chi connectivity index (χ2n) is 5.35. The molecule has 100 valence electrons. The van der Waals surface area contributed by atoms with Crippen LogP contribution in [0.15, 0.2) is 18.2 Å². The molecule has 0 bridgehead atoms. The summed E-state index contributed by atoms with van der Waals surface area (Å²) < 4.78 is 0. The van der Waals surface area contributed by atoms with Crippen molar-refractivity contribution >= 4 is 22.3 Å². The Morgan fingerprint density at radius 1 is 1.26 bits per heavy atom. The van der Waals surface area contributed by atoms with Crippen LogP contribution in [0.3, 0.4) is 0 Å². The van der Waals surface area contributed by atoms with Crippen LogP contribution in [0.5, 0.6) is 0 Å². The summed E-state index contributed by atoms with van der Waals surface area (Å²) in [6.07, 6.45) is 3.51. The molecule has 0 spiro atoms. The van der Waals surface area contributed by atoms with Crippen molar-refractivity contribution in [2.45, 2.75) is 33.1 Å². The van der Waals surface area contributed by atoms with Crippen LogP contribution in [0.1, 0.15) is 31.0 Å². The van der Waals surface area contributed by atoms with Gasteiger partial charge in [0.1, 0.15) is 0 Å². The number of nitrogens with zero attached hydrogens (tertiary/aromatic N) is 2. The Bertz CT molecular complexity index is 613. The number of hydrogen-bond acceptors (Lipinski definition) is 3. The second-order valence-corrected chi connectivity index (χ2v) is 5.35. The normalized spacial score (nSPS) is 15.4. The summed E-state index contributed by atoms with van der Waals surface area (Å²) in [4.78, 5) is 7.16. The lowest BCUT2D eigenvalue weighted by atomic mass is 10.1. The highest BCUT2D eigenvalue weighted by molar-refractivity contribution is 5.94. The first kappa shape index (κ1) is 12.3. The van der Waals surface area contributed by atoms with Crippen molar-refractivity contribution < 1.29 is 0 Å². The number of aromatic nitrogens is 1. The molecule has 0 atom stereocenters. The Balaban J connectivity index is 2.14. The molecule has 0 unspecified atom stereocenters. The van der Waals surface area contributed by atoms with Crippen molar-refractivity contribution in [1.29, 1.82) is 0 Å². The van der Waals surface area contributed by atoms with E-state index in [0.29, 0.717) is 0 Å². The molecule has 1 saturated heterocycles. The smallest absolute Gasteiger partial charge is 0.0727 e. The maximum Gasteiger partial charge on any atom is 0.0727 e. The quantitative estimate of drug-likeness (QED) is 0.895. The number of fused-ring (bicyclic) bond motifs is 1. The summed E-state index contributed by atoms with van der Waals surface area (Å²) in [5, 5.41) is 1.10. The highest BCUT2D eigenvalue weighted by atomic mass is 15.1. The highest BCUT2D eigenvalue weighted by Crippen LogP contribution is 2.30. The zero-order valence-corrected chi connectivity index (χ0v) is 11.7. The maximum atomic E-state index is 6.30. The van der Waals surface area contributed by atoms with Gasteiger partial charge in [-0.1, -0.05) is 6.92 Å². The van der Waals surface area contributed by atoms with Crippen LogP contribution in [0.25, 0.3) is 10.9 Å². The third-order valence-electron chi connectivity index (χ3n) is 4.17. The molecule has 1 aromatic heterocycles. The van der Waals surface area contributed by atoms with Gasteiger partial charge in [-0.3, -0.25) is 4.98 Å². The standard InChI is InChI=1S/C16H21N3/c1-3-14-11(2)16(17)13-10-12(6-7-15(13)18-14)19-8-4-5-9-19/h6-7,10H,3-5,8-9H2,1-2H3,(H2,17,18). The molecule has 0 saturated carbocycles. The Hall–Kier alpha value is -1.77. The van der Waals surface area contributed by atoms with Gasteiger partial charge in [0.25, 0.3) is 0 Å². The van der Waals surface area contributed by atoms with Gasteiger partial charge in [0.05, 0.1) is 5.52 Å². The first-order chi connectivity index (χ1) is 9.20. The van der Waals surface area contributed by atoms with E-state index in [0.717, 1.165) is 47.4 Å². The number of benzene rings is 1. The molecule has 2 N–H and O–H groups in total. The van der Waals surface area contributed by atoms with E-state index in [4.69, 9.17) is 10.7 Å². The molecule has 1 aliphatic heterocycles. The van der Waals surface area contributed by atoms with Gasteiger partial charge in [0.15, 0.2) is 0 Å². The van der Waals surface area contributed by atoms with Crippen LogP contribution >= 0.6 is 0 Å². The third-order valence-corrected chi connectivity index (χ3v) is 4.17. The van der Waals surface area contributed by atoms with Crippen molar-refractivity contribution in [1.82, 2.24) is 4.98 Å². The Morgan fingerprint density at radius 2 is 2.00 bits per heavy atom.